The number of aromatic hydroxyl groups is 1. The standard InChI is InChI=1S/C21H22O4/c1-5-13-6-8-16-20(24)12(2)10-18(23)21(16,3)19(13)15-11-14(25-4)7-9-17(15)22/h5-7,9-11,16,19,22H,1,8H2,2-4H3. The molecule has 0 spiro atoms. The van der Waals surface area contributed by atoms with Crippen molar-refractivity contribution in [2.45, 2.75) is 26.2 Å². The van der Waals surface area contributed by atoms with E-state index < -0.39 is 17.3 Å². The van der Waals surface area contributed by atoms with Gasteiger partial charge in [0, 0.05) is 17.4 Å². The molecule has 1 aromatic rings. The first-order valence-electron chi connectivity index (χ1n) is 8.31. The number of carbonyl (C=O) groups excluding carboxylic acids is 2. The number of allylic oxidation sites excluding steroid dienone is 5. The zero-order valence-electron chi connectivity index (χ0n) is 14.7. The molecule has 0 aliphatic heterocycles. The van der Waals surface area contributed by atoms with E-state index in [1.165, 1.54) is 6.08 Å². The van der Waals surface area contributed by atoms with Crippen molar-refractivity contribution in [3.63, 3.8) is 0 Å². The quantitative estimate of drug-likeness (QED) is 0.912. The van der Waals surface area contributed by atoms with E-state index in [9.17, 15) is 14.7 Å². The third-order valence-corrected chi connectivity index (χ3v) is 5.61. The summed E-state index contributed by atoms with van der Waals surface area (Å²) >= 11 is 0. The zero-order chi connectivity index (χ0) is 18.4. The molecule has 2 aliphatic carbocycles. The Kier molecular flexibility index (Phi) is 4.15. The predicted octanol–water partition coefficient (Wildman–Crippen LogP) is 3.72. The number of hydrogen-bond acceptors (Lipinski definition) is 4. The summed E-state index contributed by atoms with van der Waals surface area (Å²) < 4.78 is 5.28. The molecule has 0 saturated carbocycles. The maximum absolute atomic E-state index is 13.0. The predicted molar refractivity (Wildman–Crippen MR) is 95.7 cm³/mol. The summed E-state index contributed by atoms with van der Waals surface area (Å²) in [5, 5.41) is 10.5. The highest BCUT2D eigenvalue weighted by atomic mass is 16.5. The van der Waals surface area contributed by atoms with Gasteiger partial charge in [-0.15, -0.1) is 0 Å². The van der Waals surface area contributed by atoms with E-state index in [2.05, 4.69) is 6.58 Å². The number of carbonyl (C=O) groups is 2. The smallest absolute Gasteiger partial charge is 0.163 e. The number of rotatable bonds is 3. The van der Waals surface area contributed by atoms with E-state index in [-0.39, 0.29) is 17.3 Å². The maximum Gasteiger partial charge on any atom is 0.163 e. The minimum Gasteiger partial charge on any atom is -0.508 e. The van der Waals surface area contributed by atoms with Crippen LogP contribution in [0.25, 0.3) is 0 Å². The van der Waals surface area contributed by atoms with Crippen molar-refractivity contribution in [1.82, 2.24) is 0 Å². The van der Waals surface area contributed by atoms with Crippen LogP contribution in [-0.4, -0.2) is 23.8 Å². The Morgan fingerprint density at radius 1 is 1.36 bits per heavy atom. The monoisotopic (exact) mass is 338 g/mol. The highest BCUT2D eigenvalue weighted by molar-refractivity contribution is 6.13. The van der Waals surface area contributed by atoms with Gasteiger partial charge in [-0.05, 0) is 48.8 Å². The molecule has 0 bridgehead atoms. The van der Waals surface area contributed by atoms with Gasteiger partial charge in [0.1, 0.15) is 11.5 Å². The molecular formula is C21H22O4. The lowest BCUT2D eigenvalue weighted by atomic mass is 9.53. The third kappa shape index (κ3) is 2.44. The topological polar surface area (TPSA) is 63.6 Å². The molecule has 3 atom stereocenters. The summed E-state index contributed by atoms with van der Waals surface area (Å²) in [6.07, 6.45) is 5.59. The van der Waals surface area contributed by atoms with Crippen LogP contribution in [0.1, 0.15) is 31.7 Å². The number of benzene rings is 1. The molecular weight excluding hydrogens is 316 g/mol. The van der Waals surface area contributed by atoms with Crippen molar-refractivity contribution in [3.05, 3.63) is 59.7 Å². The Balaban J connectivity index is 2.26. The Morgan fingerprint density at radius 2 is 2.08 bits per heavy atom. The van der Waals surface area contributed by atoms with Crippen LogP contribution in [-0.2, 0) is 9.59 Å². The number of phenols is 1. The van der Waals surface area contributed by atoms with Crippen LogP contribution in [0.2, 0.25) is 0 Å². The van der Waals surface area contributed by atoms with Crippen LogP contribution in [0.3, 0.4) is 0 Å². The van der Waals surface area contributed by atoms with Crippen LogP contribution < -0.4 is 4.74 Å². The van der Waals surface area contributed by atoms with E-state index in [0.717, 1.165) is 5.57 Å². The Hall–Kier alpha value is -2.62. The largest absolute Gasteiger partial charge is 0.508 e. The van der Waals surface area contributed by atoms with Gasteiger partial charge in [0.2, 0.25) is 0 Å². The molecule has 4 nitrogen and oxygen atoms in total. The number of methoxy groups -OCH3 is 1. The molecule has 4 heteroatoms. The molecule has 25 heavy (non-hydrogen) atoms. The Bertz CT molecular complexity index is 830. The fourth-order valence-electron chi connectivity index (χ4n) is 4.15. The van der Waals surface area contributed by atoms with Gasteiger partial charge in [0.05, 0.1) is 12.5 Å². The number of fused-ring (bicyclic) bond motifs is 1. The van der Waals surface area contributed by atoms with Gasteiger partial charge < -0.3 is 9.84 Å². The van der Waals surface area contributed by atoms with Gasteiger partial charge in [-0.2, -0.15) is 0 Å². The fraction of sp³-hybridized carbons (Fsp3) is 0.333. The van der Waals surface area contributed by atoms with Crippen LogP contribution in [0.15, 0.2) is 54.2 Å². The molecule has 3 rings (SSSR count). The number of phenolic OH excluding ortho intramolecular Hbond substituents is 1. The van der Waals surface area contributed by atoms with Crippen molar-refractivity contribution in [3.8, 4) is 11.5 Å². The second kappa shape index (κ2) is 6.03. The zero-order valence-corrected chi connectivity index (χ0v) is 14.7. The van der Waals surface area contributed by atoms with Gasteiger partial charge >= 0.3 is 0 Å². The average molecular weight is 338 g/mol. The summed E-state index contributed by atoms with van der Waals surface area (Å²) in [4.78, 5) is 25.7. The van der Waals surface area contributed by atoms with Gasteiger partial charge in [-0.25, -0.2) is 0 Å². The van der Waals surface area contributed by atoms with Crippen molar-refractivity contribution < 1.29 is 19.4 Å². The lowest BCUT2D eigenvalue weighted by Gasteiger charge is -2.47. The summed E-state index contributed by atoms with van der Waals surface area (Å²) in [6, 6.07) is 4.95. The normalized spacial score (nSPS) is 28.8. The maximum atomic E-state index is 13.0. The van der Waals surface area contributed by atoms with Gasteiger partial charge in [0.25, 0.3) is 0 Å². The summed E-state index contributed by atoms with van der Waals surface area (Å²) in [5.41, 5.74) is 0.957. The van der Waals surface area contributed by atoms with Gasteiger partial charge in [0.15, 0.2) is 11.6 Å². The minimum absolute atomic E-state index is 0.00570. The number of Topliss-reactive ketones (excluding diaryl/α,β-unsaturated/α-hetero) is 1. The van der Waals surface area contributed by atoms with E-state index >= 15 is 0 Å². The molecule has 0 saturated heterocycles. The number of hydrogen-bond donors (Lipinski definition) is 1. The first-order chi connectivity index (χ1) is 11.8. The molecule has 1 N–H and O–H groups in total. The van der Waals surface area contributed by atoms with Crippen LogP contribution >= 0.6 is 0 Å². The lowest BCUT2D eigenvalue weighted by Crippen LogP contribution is -2.49. The number of ether oxygens (including phenoxy) is 1. The highest BCUT2D eigenvalue weighted by Crippen LogP contribution is 2.56. The van der Waals surface area contributed by atoms with E-state index in [4.69, 9.17) is 4.74 Å². The fourth-order valence-corrected chi connectivity index (χ4v) is 4.15. The van der Waals surface area contributed by atoms with Crippen LogP contribution in [0, 0.1) is 11.3 Å². The Morgan fingerprint density at radius 3 is 2.72 bits per heavy atom. The van der Waals surface area contributed by atoms with Crippen LogP contribution in [0.4, 0.5) is 0 Å². The lowest BCUT2D eigenvalue weighted by molar-refractivity contribution is -0.137. The first-order valence-corrected chi connectivity index (χ1v) is 8.31. The third-order valence-electron chi connectivity index (χ3n) is 5.61. The van der Waals surface area contributed by atoms with Crippen molar-refractivity contribution in [2.75, 3.05) is 7.11 Å². The molecule has 0 aromatic heterocycles. The van der Waals surface area contributed by atoms with E-state index in [0.29, 0.717) is 23.3 Å². The molecule has 3 unspecified atom stereocenters. The summed E-state index contributed by atoms with van der Waals surface area (Å²) in [6.45, 7) is 7.37. The van der Waals surface area contributed by atoms with Gasteiger partial charge in [-0.3, -0.25) is 9.59 Å². The second-order valence-corrected chi connectivity index (χ2v) is 6.89. The first kappa shape index (κ1) is 17.2. The Labute approximate surface area is 147 Å². The van der Waals surface area contributed by atoms with Crippen molar-refractivity contribution in [2.24, 2.45) is 11.3 Å². The molecule has 0 heterocycles. The van der Waals surface area contributed by atoms with Crippen molar-refractivity contribution in [1.29, 1.82) is 0 Å². The molecule has 130 valence electrons. The van der Waals surface area contributed by atoms with E-state index in [1.54, 1.807) is 38.3 Å². The minimum atomic E-state index is -0.960. The molecule has 1 aromatic carbocycles. The SMILES string of the molecule is C=CC1=CCC2C(=O)C(C)=CC(=O)C2(C)C1c1cc(OC)ccc1O. The highest BCUT2D eigenvalue weighted by Gasteiger charge is 2.55. The van der Waals surface area contributed by atoms with Crippen LogP contribution in [0.5, 0.6) is 11.5 Å². The summed E-state index contributed by atoms with van der Waals surface area (Å²) in [7, 11) is 1.55. The van der Waals surface area contributed by atoms with E-state index in [1.807, 2.05) is 13.0 Å². The molecule has 0 radical (unpaired) electrons. The number of ketones is 2. The molecule has 0 fully saturated rings. The summed E-state index contributed by atoms with van der Waals surface area (Å²) in [5.74, 6) is -0.331. The second-order valence-electron chi connectivity index (χ2n) is 6.89. The van der Waals surface area contributed by atoms with Crippen molar-refractivity contribution >= 4 is 11.6 Å². The van der Waals surface area contributed by atoms with Gasteiger partial charge in [-0.1, -0.05) is 25.7 Å². The average Bonchev–Trinajstić information content (AvgIpc) is 2.60. The molecule has 2 aliphatic rings. The molecule has 0 amide bonds.